The fourth-order valence-corrected chi connectivity index (χ4v) is 2.02. The maximum absolute atomic E-state index is 9.14. The van der Waals surface area contributed by atoms with E-state index in [9.17, 15) is 0 Å². The summed E-state index contributed by atoms with van der Waals surface area (Å²) in [6.07, 6.45) is 6.11. The van der Waals surface area contributed by atoms with Crippen LogP contribution in [0.25, 0.3) is 0 Å². The number of aromatic hydroxyl groups is 1. The molecule has 0 aliphatic carbocycles. The van der Waals surface area contributed by atoms with Crippen molar-refractivity contribution in [1.82, 2.24) is 14.7 Å². The molecule has 0 saturated heterocycles. The molecule has 0 saturated carbocycles. The fourth-order valence-electron chi connectivity index (χ4n) is 2.02. The number of rotatable bonds is 4. The predicted octanol–water partition coefficient (Wildman–Crippen LogP) is 2.22. The minimum atomic E-state index is -0.0791. The molecule has 1 N–H and O–H groups in total. The first kappa shape index (κ1) is 11.5. The quantitative estimate of drug-likeness (QED) is 0.776. The summed E-state index contributed by atoms with van der Waals surface area (Å²) in [6.45, 7) is 0.787. The molecule has 96 valence electrons. The van der Waals surface area contributed by atoms with Gasteiger partial charge in [-0.2, -0.15) is 0 Å². The number of hydrogen-bond acceptors (Lipinski definition) is 4. The Kier molecular flexibility index (Phi) is 3.02. The van der Waals surface area contributed by atoms with Gasteiger partial charge >= 0.3 is 0 Å². The zero-order valence-corrected chi connectivity index (χ0v) is 10.2. The topological polar surface area (TPSA) is 64.1 Å². The van der Waals surface area contributed by atoms with Crippen LogP contribution in [-0.4, -0.2) is 19.8 Å². The molecule has 5 heteroatoms. The Hall–Kier alpha value is -2.56. The van der Waals surface area contributed by atoms with E-state index in [1.807, 2.05) is 22.9 Å². The van der Waals surface area contributed by atoms with Gasteiger partial charge in [0.2, 0.25) is 0 Å². The molecule has 2 heterocycles. The van der Waals surface area contributed by atoms with Gasteiger partial charge in [-0.15, -0.1) is 0 Å². The van der Waals surface area contributed by atoms with E-state index in [4.69, 9.17) is 9.63 Å². The average molecular weight is 255 g/mol. The Morgan fingerprint density at radius 1 is 1.21 bits per heavy atom. The lowest BCUT2D eigenvalue weighted by atomic mass is 10.1. The first-order chi connectivity index (χ1) is 9.29. The van der Waals surface area contributed by atoms with E-state index >= 15 is 0 Å². The van der Waals surface area contributed by atoms with Crippen LogP contribution < -0.4 is 0 Å². The number of hydrogen-bond donors (Lipinski definition) is 1. The smallest absolute Gasteiger partial charge is 0.251 e. The summed E-state index contributed by atoms with van der Waals surface area (Å²) >= 11 is 0. The summed E-state index contributed by atoms with van der Waals surface area (Å²) < 4.78 is 7.01. The van der Waals surface area contributed by atoms with Crippen LogP contribution in [-0.2, 0) is 13.0 Å². The summed E-state index contributed by atoms with van der Waals surface area (Å²) in [6, 6.07) is 9.75. The van der Waals surface area contributed by atoms with Crippen molar-refractivity contribution in [1.29, 1.82) is 0 Å². The molecular weight excluding hydrogens is 242 g/mol. The van der Waals surface area contributed by atoms with Crippen molar-refractivity contribution < 1.29 is 9.63 Å². The van der Waals surface area contributed by atoms with E-state index in [0.29, 0.717) is 12.2 Å². The molecule has 0 aliphatic rings. The molecule has 1 aromatic carbocycles. The molecule has 0 radical (unpaired) electrons. The normalized spacial score (nSPS) is 10.7. The Labute approximate surface area is 110 Å². The molecule has 2 aromatic heterocycles. The molecule has 3 rings (SSSR count). The third-order valence-electron chi connectivity index (χ3n) is 2.84. The third kappa shape index (κ3) is 2.82. The maximum atomic E-state index is 9.14. The van der Waals surface area contributed by atoms with Gasteiger partial charge in [-0.25, -0.2) is 4.98 Å². The van der Waals surface area contributed by atoms with Crippen molar-refractivity contribution in [2.24, 2.45) is 0 Å². The minimum absolute atomic E-state index is 0.0791. The molecule has 3 aromatic rings. The SMILES string of the molecule is Oc1cc(Cc2cccc(Cn3ccnc3)c2)on1. The van der Waals surface area contributed by atoms with E-state index in [1.54, 1.807) is 12.5 Å². The highest BCUT2D eigenvalue weighted by molar-refractivity contribution is 5.27. The van der Waals surface area contributed by atoms with Crippen LogP contribution in [0.15, 0.2) is 53.6 Å². The van der Waals surface area contributed by atoms with Gasteiger partial charge in [-0.1, -0.05) is 24.3 Å². The van der Waals surface area contributed by atoms with Crippen molar-refractivity contribution in [3.63, 3.8) is 0 Å². The highest BCUT2D eigenvalue weighted by Crippen LogP contribution is 2.15. The van der Waals surface area contributed by atoms with Gasteiger partial charge in [-0.3, -0.25) is 0 Å². The molecule has 0 unspecified atom stereocenters. The average Bonchev–Trinajstić information content (AvgIpc) is 3.02. The van der Waals surface area contributed by atoms with Gasteiger partial charge in [0.15, 0.2) is 0 Å². The molecule has 0 fully saturated rings. The number of aromatic nitrogens is 3. The van der Waals surface area contributed by atoms with E-state index < -0.39 is 0 Å². The molecule has 0 amide bonds. The highest BCUT2D eigenvalue weighted by Gasteiger charge is 2.04. The van der Waals surface area contributed by atoms with Crippen LogP contribution in [0.1, 0.15) is 16.9 Å². The molecule has 0 bridgehead atoms. The number of imidazole rings is 1. The lowest BCUT2D eigenvalue weighted by molar-refractivity contribution is 0.344. The Morgan fingerprint density at radius 2 is 2.11 bits per heavy atom. The standard InChI is InChI=1S/C14H13N3O2/c18-14-8-13(19-16-14)7-11-2-1-3-12(6-11)9-17-5-4-15-10-17/h1-6,8,10H,7,9H2,(H,16,18). The molecule has 19 heavy (non-hydrogen) atoms. The van der Waals surface area contributed by atoms with Crippen LogP contribution in [0.3, 0.4) is 0 Å². The van der Waals surface area contributed by atoms with Crippen LogP contribution in [0.2, 0.25) is 0 Å². The molecule has 5 nitrogen and oxygen atoms in total. The highest BCUT2D eigenvalue weighted by atomic mass is 16.5. The summed E-state index contributed by atoms with van der Waals surface area (Å²) in [5.41, 5.74) is 2.31. The van der Waals surface area contributed by atoms with Gasteiger partial charge < -0.3 is 14.2 Å². The summed E-state index contributed by atoms with van der Waals surface area (Å²) in [5.74, 6) is 0.571. The van der Waals surface area contributed by atoms with Crippen molar-refractivity contribution in [2.75, 3.05) is 0 Å². The Morgan fingerprint density at radius 3 is 2.84 bits per heavy atom. The monoisotopic (exact) mass is 255 g/mol. The second-order valence-electron chi connectivity index (χ2n) is 4.38. The van der Waals surface area contributed by atoms with E-state index in [-0.39, 0.29) is 5.88 Å². The second kappa shape index (κ2) is 4.97. The first-order valence-electron chi connectivity index (χ1n) is 5.98. The summed E-state index contributed by atoms with van der Waals surface area (Å²) in [5, 5.41) is 12.6. The summed E-state index contributed by atoms with van der Waals surface area (Å²) in [4.78, 5) is 4.02. The minimum Gasteiger partial charge on any atom is -0.491 e. The fraction of sp³-hybridized carbons (Fsp3) is 0.143. The van der Waals surface area contributed by atoms with Crippen molar-refractivity contribution in [3.05, 3.63) is 65.9 Å². The molecule has 0 atom stereocenters. The Bertz CT molecular complexity index is 659. The number of nitrogens with zero attached hydrogens (tertiary/aromatic N) is 3. The summed E-state index contributed by atoms with van der Waals surface area (Å²) in [7, 11) is 0. The van der Waals surface area contributed by atoms with E-state index in [1.165, 1.54) is 11.6 Å². The van der Waals surface area contributed by atoms with E-state index in [0.717, 1.165) is 12.1 Å². The number of benzene rings is 1. The zero-order valence-electron chi connectivity index (χ0n) is 10.2. The second-order valence-corrected chi connectivity index (χ2v) is 4.38. The van der Waals surface area contributed by atoms with Crippen LogP contribution in [0.5, 0.6) is 5.88 Å². The van der Waals surface area contributed by atoms with Crippen LogP contribution in [0, 0.1) is 0 Å². The van der Waals surface area contributed by atoms with Gasteiger partial charge in [0.1, 0.15) is 5.76 Å². The Balaban J connectivity index is 1.76. The van der Waals surface area contributed by atoms with Crippen molar-refractivity contribution in [2.45, 2.75) is 13.0 Å². The lowest BCUT2D eigenvalue weighted by Gasteiger charge is -2.04. The lowest BCUT2D eigenvalue weighted by Crippen LogP contribution is -1.97. The third-order valence-corrected chi connectivity index (χ3v) is 2.84. The van der Waals surface area contributed by atoms with E-state index in [2.05, 4.69) is 22.3 Å². The van der Waals surface area contributed by atoms with Gasteiger partial charge in [-0.05, 0) is 16.3 Å². The van der Waals surface area contributed by atoms with Gasteiger partial charge in [0.05, 0.1) is 6.33 Å². The zero-order chi connectivity index (χ0) is 13.1. The molecule has 0 aliphatic heterocycles. The first-order valence-corrected chi connectivity index (χ1v) is 5.98. The predicted molar refractivity (Wildman–Crippen MR) is 68.7 cm³/mol. The van der Waals surface area contributed by atoms with Crippen molar-refractivity contribution >= 4 is 0 Å². The van der Waals surface area contributed by atoms with Gasteiger partial charge in [0, 0.05) is 31.4 Å². The maximum Gasteiger partial charge on any atom is 0.251 e. The van der Waals surface area contributed by atoms with Crippen LogP contribution >= 0.6 is 0 Å². The van der Waals surface area contributed by atoms with Gasteiger partial charge in [0.25, 0.3) is 5.88 Å². The largest absolute Gasteiger partial charge is 0.491 e. The van der Waals surface area contributed by atoms with Crippen LogP contribution in [0.4, 0.5) is 0 Å². The van der Waals surface area contributed by atoms with Crippen molar-refractivity contribution in [3.8, 4) is 5.88 Å². The molecular formula is C14H13N3O2. The molecule has 0 spiro atoms.